The zero-order valence-corrected chi connectivity index (χ0v) is 10.6. The molecule has 1 aliphatic rings. The molecule has 18 heavy (non-hydrogen) atoms. The Morgan fingerprint density at radius 2 is 2.11 bits per heavy atom. The molecule has 1 heterocycles. The van der Waals surface area contributed by atoms with E-state index in [4.69, 9.17) is 4.74 Å². The fraction of sp³-hybridized carbons (Fsp3) is 0.917. The van der Waals surface area contributed by atoms with Crippen molar-refractivity contribution in [2.24, 2.45) is 0 Å². The van der Waals surface area contributed by atoms with E-state index in [1.165, 1.54) is 0 Å². The molecule has 0 radical (unpaired) electrons. The Morgan fingerprint density at radius 1 is 1.39 bits per heavy atom. The SMILES string of the molecule is CCOC(=O)C1CCCCN1CCCC(F)(F)F. The first-order valence-electron chi connectivity index (χ1n) is 6.41. The van der Waals surface area contributed by atoms with Crippen LogP contribution in [0.4, 0.5) is 13.2 Å². The number of carbonyl (C=O) groups excluding carboxylic acids is 1. The van der Waals surface area contributed by atoms with Crippen LogP contribution in [0, 0.1) is 0 Å². The molecule has 0 amide bonds. The number of carbonyl (C=O) groups is 1. The van der Waals surface area contributed by atoms with Crippen LogP contribution in [0.5, 0.6) is 0 Å². The third-order valence-electron chi connectivity index (χ3n) is 3.08. The van der Waals surface area contributed by atoms with Gasteiger partial charge in [-0.1, -0.05) is 6.42 Å². The second-order valence-electron chi connectivity index (χ2n) is 4.52. The molecule has 6 heteroatoms. The van der Waals surface area contributed by atoms with Crippen molar-refractivity contribution in [3.8, 4) is 0 Å². The highest BCUT2D eigenvalue weighted by atomic mass is 19.4. The third-order valence-corrected chi connectivity index (χ3v) is 3.08. The standard InChI is InChI=1S/C12H20F3NO2/c1-2-18-11(17)10-6-3-4-8-16(10)9-5-7-12(13,14)15/h10H,2-9H2,1H3. The van der Waals surface area contributed by atoms with Gasteiger partial charge < -0.3 is 4.74 Å². The number of piperidine rings is 1. The van der Waals surface area contributed by atoms with Crippen molar-refractivity contribution in [1.82, 2.24) is 4.90 Å². The van der Waals surface area contributed by atoms with Gasteiger partial charge in [-0.2, -0.15) is 13.2 Å². The molecule has 0 saturated carbocycles. The number of nitrogens with zero attached hydrogens (tertiary/aromatic N) is 1. The summed E-state index contributed by atoms with van der Waals surface area (Å²) in [5.74, 6) is -0.302. The Kier molecular flexibility index (Phi) is 5.91. The van der Waals surface area contributed by atoms with E-state index in [9.17, 15) is 18.0 Å². The number of hydrogen-bond donors (Lipinski definition) is 0. The van der Waals surface area contributed by atoms with E-state index in [2.05, 4.69) is 0 Å². The number of esters is 1. The molecule has 3 nitrogen and oxygen atoms in total. The lowest BCUT2D eigenvalue weighted by Gasteiger charge is -2.33. The Balaban J connectivity index is 2.42. The van der Waals surface area contributed by atoms with E-state index in [1.807, 2.05) is 4.90 Å². The maximum atomic E-state index is 12.1. The van der Waals surface area contributed by atoms with Gasteiger partial charge in [0, 0.05) is 6.42 Å². The number of rotatable bonds is 5. The van der Waals surface area contributed by atoms with Crippen molar-refractivity contribution in [2.45, 2.75) is 51.2 Å². The predicted molar refractivity (Wildman–Crippen MR) is 61.1 cm³/mol. The van der Waals surface area contributed by atoms with Crippen LogP contribution in [0.2, 0.25) is 0 Å². The lowest BCUT2D eigenvalue weighted by Crippen LogP contribution is -2.46. The molecule has 0 aromatic rings. The number of hydrogen-bond acceptors (Lipinski definition) is 3. The first-order chi connectivity index (χ1) is 8.44. The van der Waals surface area contributed by atoms with Gasteiger partial charge in [0.15, 0.2) is 0 Å². The maximum absolute atomic E-state index is 12.1. The van der Waals surface area contributed by atoms with E-state index in [1.54, 1.807) is 6.92 Å². The molecule has 1 atom stereocenters. The molecular formula is C12H20F3NO2. The normalized spacial score (nSPS) is 21.9. The van der Waals surface area contributed by atoms with Gasteiger partial charge in [0.05, 0.1) is 6.61 Å². The van der Waals surface area contributed by atoms with Gasteiger partial charge in [0.2, 0.25) is 0 Å². The Morgan fingerprint density at radius 3 is 2.72 bits per heavy atom. The van der Waals surface area contributed by atoms with Gasteiger partial charge >= 0.3 is 12.1 Å². The van der Waals surface area contributed by atoms with Crippen molar-refractivity contribution >= 4 is 5.97 Å². The molecule has 0 aromatic heterocycles. The van der Waals surface area contributed by atoms with E-state index in [-0.39, 0.29) is 18.4 Å². The monoisotopic (exact) mass is 267 g/mol. The van der Waals surface area contributed by atoms with E-state index >= 15 is 0 Å². The van der Waals surface area contributed by atoms with E-state index in [0.717, 1.165) is 12.8 Å². The van der Waals surface area contributed by atoms with Crippen LogP contribution in [-0.4, -0.2) is 42.8 Å². The summed E-state index contributed by atoms with van der Waals surface area (Å²) < 4.78 is 41.2. The zero-order valence-electron chi connectivity index (χ0n) is 10.6. The number of ether oxygens (including phenoxy) is 1. The van der Waals surface area contributed by atoms with Crippen molar-refractivity contribution in [3.05, 3.63) is 0 Å². The molecule has 0 bridgehead atoms. The molecule has 1 aliphatic heterocycles. The summed E-state index contributed by atoms with van der Waals surface area (Å²) in [7, 11) is 0. The summed E-state index contributed by atoms with van der Waals surface area (Å²) in [6.07, 6.45) is -2.32. The summed E-state index contributed by atoms with van der Waals surface area (Å²) >= 11 is 0. The second kappa shape index (κ2) is 6.97. The summed E-state index contributed by atoms with van der Waals surface area (Å²) in [5, 5.41) is 0. The minimum Gasteiger partial charge on any atom is -0.465 e. The Hall–Kier alpha value is -0.780. The van der Waals surface area contributed by atoms with Crippen LogP contribution in [0.3, 0.4) is 0 Å². The van der Waals surface area contributed by atoms with Crippen molar-refractivity contribution < 1.29 is 22.7 Å². The molecule has 1 unspecified atom stereocenters. The van der Waals surface area contributed by atoms with Crippen LogP contribution in [-0.2, 0) is 9.53 Å². The van der Waals surface area contributed by atoms with Crippen molar-refractivity contribution in [1.29, 1.82) is 0 Å². The molecule has 0 N–H and O–H groups in total. The molecule has 0 aliphatic carbocycles. The lowest BCUT2D eigenvalue weighted by atomic mass is 10.0. The van der Waals surface area contributed by atoms with Crippen molar-refractivity contribution in [2.75, 3.05) is 19.7 Å². The fourth-order valence-electron chi connectivity index (χ4n) is 2.25. The number of alkyl halides is 3. The Labute approximate surface area is 105 Å². The van der Waals surface area contributed by atoms with Gasteiger partial charge in [0.1, 0.15) is 6.04 Å². The minimum atomic E-state index is -4.12. The van der Waals surface area contributed by atoms with Crippen LogP contribution in [0.25, 0.3) is 0 Å². The topological polar surface area (TPSA) is 29.5 Å². The molecule has 0 aromatic carbocycles. The quantitative estimate of drug-likeness (QED) is 0.717. The second-order valence-corrected chi connectivity index (χ2v) is 4.52. The maximum Gasteiger partial charge on any atom is 0.389 e. The van der Waals surface area contributed by atoms with Gasteiger partial charge in [0.25, 0.3) is 0 Å². The first-order valence-corrected chi connectivity index (χ1v) is 6.41. The molecule has 1 fully saturated rings. The predicted octanol–water partition coefficient (Wildman–Crippen LogP) is 2.75. The van der Waals surface area contributed by atoms with E-state index in [0.29, 0.717) is 26.1 Å². The summed E-state index contributed by atoms with van der Waals surface area (Å²) in [6, 6.07) is -0.355. The van der Waals surface area contributed by atoms with Crippen LogP contribution < -0.4 is 0 Å². The van der Waals surface area contributed by atoms with Gasteiger partial charge in [-0.25, -0.2) is 0 Å². The average Bonchev–Trinajstić information content (AvgIpc) is 2.28. The van der Waals surface area contributed by atoms with E-state index < -0.39 is 12.6 Å². The van der Waals surface area contributed by atoms with Crippen LogP contribution in [0.1, 0.15) is 39.0 Å². The van der Waals surface area contributed by atoms with Gasteiger partial charge in [-0.05, 0) is 39.3 Å². The fourth-order valence-corrected chi connectivity index (χ4v) is 2.25. The molecule has 1 saturated heterocycles. The molecule has 1 rings (SSSR count). The highest BCUT2D eigenvalue weighted by Crippen LogP contribution is 2.23. The van der Waals surface area contributed by atoms with Crippen molar-refractivity contribution in [3.63, 3.8) is 0 Å². The summed E-state index contributed by atoms with van der Waals surface area (Å²) in [4.78, 5) is 13.5. The first kappa shape index (κ1) is 15.3. The van der Waals surface area contributed by atoms with Gasteiger partial charge in [-0.15, -0.1) is 0 Å². The number of halogens is 3. The highest BCUT2D eigenvalue weighted by Gasteiger charge is 2.31. The van der Waals surface area contributed by atoms with Crippen LogP contribution in [0.15, 0.2) is 0 Å². The zero-order chi connectivity index (χ0) is 13.6. The summed E-state index contributed by atoms with van der Waals surface area (Å²) in [6.45, 7) is 3.03. The smallest absolute Gasteiger partial charge is 0.389 e. The molecule has 0 spiro atoms. The average molecular weight is 267 g/mol. The summed E-state index contributed by atoms with van der Waals surface area (Å²) in [5.41, 5.74) is 0. The van der Waals surface area contributed by atoms with Crippen LogP contribution >= 0.6 is 0 Å². The third kappa shape index (κ3) is 5.25. The molecule has 106 valence electrons. The molecular weight excluding hydrogens is 247 g/mol. The van der Waals surface area contributed by atoms with Gasteiger partial charge in [-0.3, -0.25) is 9.69 Å². The largest absolute Gasteiger partial charge is 0.465 e. The Bertz CT molecular complexity index is 269. The minimum absolute atomic E-state index is 0.0411. The number of likely N-dealkylation sites (tertiary alicyclic amines) is 1. The highest BCUT2D eigenvalue weighted by molar-refractivity contribution is 5.75. The lowest BCUT2D eigenvalue weighted by molar-refractivity contribution is -0.151.